The molecule has 2 aromatic heterocycles. The molecule has 0 saturated carbocycles. The molecule has 112 valence electrons. The average Bonchev–Trinajstić information content (AvgIpc) is 3.05. The zero-order valence-electron chi connectivity index (χ0n) is 12.3. The molecule has 3 heterocycles. The number of aliphatic carboxylic acids is 1. The van der Waals surface area contributed by atoms with Crippen molar-refractivity contribution >= 4 is 17.6 Å². The first-order chi connectivity index (χ1) is 10.1. The Bertz CT molecular complexity index is 683. The van der Waals surface area contributed by atoms with E-state index in [9.17, 15) is 9.90 Å². The summed E-state index contributed by atoms with van der Waals surface area (Å²) in [7, 11) is 0. The van der Waals surface area contributed by atoms with E-state index in [1.807, 2.05) is 19.9 Å². The number of hydrogen-bond acceptors (Lipinski definition) is 5. The van der Waals surface area contributed by atoms with Crippen LogP contribution in [-0.2, 0) is 4.79 Å². The summed E-state index contributed by atoms with van der Waals surface area (Å²) >= 11 is 0. The van der Waals surface area contributed by atoms with Gasteiger partial charge in [0.2, 0.25) is 0 Å². The Morgan fingerprint density at radius 1 is 1.52 bits per heavy atom. The number of carboxylic acids is 1. The fraction of sp³-hybridized carbons (Fsp3) is 0.571. The smallest absolute Gasteiger partial charge is 0.311 e. The molecule has 1 fully saturated rings. The minimum atomic E-state index is -0.701. The maximum Gasteiger partial charge on any atom is 0.311 e. The van der Waals surface area contributed by atoms with Gasteiger partial charge >= 0.3 is 5.97 Å². The number of rotatable bonds is 4. The average molecular weight is 289 g/mol. The van der Waals surface area contributed by atoms with Gasteiger partial charge in [-0.1, -0.05) is 13.3 Å². The summed E-state index contributed by atoms with van der Waals surface area (Å²) in [6.45, 7) is 5.16. The minimum Gasteiger partial charge on any atom is -0.481 e. The maximum atomic E-state index is 11.7. The molecule has 1 aliphatic heterocycles. The number of anilines is 1. The molecule has 1 atom stereocenters. The summed E-state index contributed by atoms with van der Waals surface area (Å²) < 4.78 is 1.68. The third-order valence-corrected chi connectivity index (χ3v) is 4.22. The fourth-order valence-electron chi connectivity index (χ4n) is 3.17. The van der Waals surface area contributed by atoms with Gasteiger partial charge in [-0.2, -0.15) is 14.6 Å². The Labute approximate surface area is 122 Å². The van der Waals surface area contributed by atoms with Crippen molar-refractivity contribution in [3.05, 3.63) is 18.1 Å². The minimum absolute atomic E-state index is 0.509. The first-order valence-corrected chi connectivity index (χ1v) is 7.21. The number of carbonyl (C=O) groups is 1. The number of hydrogen-bond donors (Lipinski definition) is 1. The molecule has 0 aliphatic carbocycles. The predicted octanol–water partition coefficient (Wildman–Crippen LogP) is 1.51. The van der Waals surface area contributed by atoms with Crippen LogP contribution in [-0.4, -0.2) is 43.7 Å². The molecule has 0 amide bonds. The Morgan fingerprint density at radius 2 is 2.33 bits per heavy atom. The molecule has 7 heteroatoms. The summed E-state index contributed by atoms with van der Waals surface area (Å²) in [5.41, 5.74) is 0.201. The van der Waals surface area contributed by atoms with Crippen molar-refractivity contribution in [2.45, 2.75) is 33.1 Å². The number of carboxylic acid groups (broad SMARTS) is 1. The lowest BCUT2D eigenvalue weighted by Crippen LogP contribution is -2.35. The molecule has 1 unspecified atom stereocenters. The van der Waals surface area contributed by atoms with Crippen LogP contribution in [0.5, 0.6) is 0 Å². The normalized spacial score (nSPS) is 22.1. The van der Waals surface area contributed by atoms with Crippen molar-refractivity contribution in [1.82, 2.24) is 19.6 Å². The second-order valence-corrected chi connectivity index (χ2v) is 5.73. The number of fused-ring (bicyclic) bond motifs is 1. The monoisotopic (exact) mass is 289 g/mol. The Balaban J connectivity index is 1.98. The highest BCUT2D eigenvalue weighted by Gasteiger charge is 2.44. The van der Waals surface area contributed by atoms with E-state index in [4.69, 9.17) is 0 Å². The van der Waals surface area contributed by atoms with Gasteiger partial charge in [-0.05, 0) is 19.8 Å². The van der Waals surface area contributed by atoms with Crippen LogP contribution in [0.4, 0.5) is 5.82 Å². The number of nitrogens with zero attached hydrogens (tertiary/aromatic N) is 5. The standard InChI is InChI=1S/C14H19N5O2/c1-3-4-14(12(20)21)5-6-18(8-14)11-7-10(2)17-13-15-9-16-19(11)13/h7,9H,3-6,8H2,1-2H3,(H,20,21). The van der Waals surface area contributed by atoms with Crippen molar-refractivity contribution in [1.29, 1.82) is 0 Å². The van der Waals surface area contributed by atoms with Crippen LogP contribution in [0.1, 0.15) is 31.9 Å². The molecule has 21 heavy (non-hydrogen) atoms. The maximum absolute atomic E-state index is 11.7. The second-order valence-electron chi connectivity index (χ2n) is 5.73. The first kappa shape index (κ1) is 13.8. The van der Waals surface area contributed by atoms with E-state index in [0.29, 0.717) is 31.7 Å². The highest BCUT2D eigenvalue weighted by Crippen LogP contribution is 2.37. The van der Waals surface area contributed by atoms with Crippen molar-refractivity contribution in [3.63, 3.8) is 0 Å². The van der Waals surface area contributed by atoms with E-state index in [1.54, 1.807) is 4.52 Å². The SMILES string of the molecule is CCCC1(C(=O)O)CCN(c2cc(C)nc3ncnn23)C1. The quantitative estimate of drug-likeness (QED) is 0.918. The molecule has 7 nitrogen and oxygen atoms in total. The van der Waals surface area contributed by atoms with Gasteiger partial charge in [0, 0.05) is 24.8 Å². The Kier molecular flexibility index (Phi) is 3.27. The van der Waals surface area contributed by atoms with Gasteiger partial charge in [-0.15, -0.1) is 0 Å². The van der Waals surface area contributed by atoms with E-state index in [1.165, 1.54) is 6.33 Å². The van der Waals surface area contributed by atoms with Crippen LogP contribution >= 0.6 is 0 Å². The Morgan fingerprint density at radius 3 is 3.05 bits per heavy atom. The van der Waals surface area contributed by atoms with Gasteiger partial charge in [0.25, 0.3) is 5.78 Å². The molecular weight excluding hydrogens is 270 g/mol. The van der Waals surface area contributed by atoms with E-state index in [-0.39, 0.29) is 0 Å². The summed E-state index contributed by atoms with van der Waals surface area (Å²) in [6.07, 6.45) is 3.70. The highest BCUT2D eigenvalue weighted by atomic mass is 16.4. The molecule has 0 radical (unpaired) electrons. The molecule has 0 spiro atoms. The molecule has 1 saturated heterocycles. The summed E-state index contributed by atoms with van der Waals surface area (Å²) in [4.78, 5) is 22.2. The first-order valence-electron chi connectivity index (χ1n) is 7.21. The summed E-state index contributed by atoms with van der Waals surface area (Å²) in [5.74, 6) is 0.718. The summed E-state index contributed by atoms with van der Waals surface area (Å²) in [6, 6.07) is 1.94. The van der Waals surface area contributed by atoms with Crippen molar-refractivity contribution in [2.24, 2.45) is 5.41 Å². The van der Waals surface area contributed by atoms with Gasteiger partial charge in [-0.3, -0.25) is 4.79 Å². The Hall–Kier alpha value is -2.18. The molecule has 0 aromatic carbocycles. The lowest BCUT2D eigenvalue weighted by atomic mass is 9.83. The topological polar surface area (TPSA) is 83.6 Å². The van der Waals surface area contributed by atoms with Crippen LogP contribution in [0.15, 0.2) is 12.4 Å². The fourth-order valence-corrected chi connectivity index (χ4v) is 3.17. The van der Waals surface area contributed by atoms with Gasteiger partial charge in [0.1, 0.15) is 12.1 Å². The largest absolute Gasteiger partial charge is 0.481 e. The summed E-state index contributed by atoms with van der Waals surface area (Å²) in [5, 5.41) is 13.8. The second kappa shape index (κ2) is 4.98. The van der Waals surface area contributed by atoms with Crippen LogP contribution in [0.25, 0.3) is 5.78 Å². The third kappa shape index (κ3) is 2.22. The van der Waals surface area contributed by atoms with Crippen molar-refractivity contribution in [3.8, 4) is 0 Å². The highest BCUT2D eigenvalue weighted by molar-refractivity contribution is 5.76. The van der Waals surface area contributed by atoms with Crippen LogP contribution < -0.4 is 4.90 Å². The van der Waals surface area contributed by atoms with Crippen molar-refractivity contribution in [2.75, 3.05) is 18.0 Å². The molecule has 1 aliphatic rings. The van der Waals surface area contributed by atoms with E-state index < -0.39 is 11.4 Å². The van der Waals surface area contributed by atoms with Gasteiger partial charge < -0.3 is 10.0 Å². The lowest BCUT2D eigenvalue weighted by molar-refractivity contribution is -0.148. The number of aromatic nitrogens is 4. The molecule has 1 N–H and O–H groups in total. The lowest BCUT2D eigenvalue weighted by Gasteiger charge is -2.25. The molecule has 2 aromatic rings. The van der Waals surface area contributed by atoms with E-state index in [0.717, 1.165) is 17.9 Å². The molecular formula is C14H19N5O2. The zero-order chi connectivity index (χ0) is 15.0. The third-order valence-electron chi connectivity index (χ3n) is 4.22. The van der Waals surface area contributed by atoms with Gasteiger partial charge in [-0.25, -0.2) is 4.98 Å². The van der Waals surface area contributed by atoms with E-state index >= 15 is 0 Å². The van der Waals surface area contributed by atoms with Crippen molar-refractivity contribution < 1.29 is 9.90 Å². The van der Waals surface area contributed by atoms with Gasteiger partial charge in [0.15, 0.2) is 0 Å². The van der Waals surface area contributed by atoms with Crippen LogP contribution in [0.3, 0.4) is 0 Å². The molecule has 0 bridgehead atoms. The van der Waals surface area contributed by atoms with Gasteiger partial charge in [0.05, 0.1) is 5.41 Å². The predicted molar refractivity (Wildman–Crippen MR) is 77.3 cm³/mol. The van der Waals surface area contributed by atoms with E-state index in [2.05, 4.69) is 20.0 Å². The van der Waals surface area contributed by atoms with Crippen LogP contribution in [0, 0.1) is 12.3 Å². The molecule has 3 rings (SSSR count). The number of aryl methyl sites for hydroxylation is 1. The zero-order valence-corrected chi connectivity index (χ0v) is 12.3. The van der Waals surface area contributed by atoms with Crippen LogP contribution in [0.2, 0.25) is 0 Å².